The van der Waals surface area contributed by atoms with Gasteiger partial charge in [-0.15, -0.1) is 0 Å². The first-order valence-corrected chi connectivity index (χ1v) is 8.98. The highest BCUT2D eigenvalue weighted by Gasteiger charge is 2.28. The lowest BCUT2D eigenvalue weighted by Crippen LogP contribution is -2.54. The van der Waals surface area contributed by atoms with Crippen LogP contribution in [0.5, 0.6) is 0 Å². The number of rotatable bonds is 5. The number of hydrogen-bond donors (Lipinski definition) is 1. The maximum Gasteiger partial charge on any atom is 0.236 e. The molecule has 2 aliphatic rings. The summed E-state index contributed by atoms with van der Waals surface area (Å²) in [5, 5.41) is 3.05. The molecule has 1 N–H and O–H groups in total. The van der Waals surface area contributed by atoms with Crippen LogP contribution in [0, 0.1) is 5.92 Å². The third-order valence-corrected chi connectivity index (χ3v) is 5.10. The van der Waals surface area contributed by atoms with Crippen LogP contribution in [0.3, 0.4) is 0 Å². The summed E-state index contributed by atoms with van der Waals surface area (Å²) in [6.45, 7) is 9.29. The first-order valence-electron chi connectivity index (χ1n) is 8.98. The standard InChI is InChI=1S/C17H32N4O2/c1-14(12-18-3)17(23)20-10-8-19(9-11-20)13-16(22)21-7-5-4-6-15(21)2/h14-15,18H,4-13H2,1-3H3. The van der Waals surface area contributed by atoms with E-state index in [0.29, 0.717) is 19.1 Å². The van der Waals surface area contributed by atoms with Crippen LogP contribution >= 0.6 is 0 Å². The van der Waals surface area contributed by atoms with E-state index in [0.717, 1.165) is 45.6 Å². The Labute approximate surface area is 140 Å². The van der Waals surface area contributed by atoms with Crippen molar-refractivity contribution in [3.05, 3.63) is 0 Å². The highest BCUT2D eigenvalue weighted by Crippen LogP contribution is 2.17. The van der Waals surface area contributed by atoms with Gasteiger partial charge in [0.15, 0.2) is 0 Å². The summed E-state index contributed by atoms with van der Waals surface area (Å²) in [7, 11) is 1.87. The topological polar surface area (TPSA) is 55.9 Å². The molecule has 6 nitrogen and oxygen atoms in total. The lowest BCUT2D eigenvalue weighted by Gasteiger charge is -2.38. The smallest absolute Gasteiger partial charge is 0.236 e. The predicted octanol–water partition coefficient (Wildman–Crippen LogP) is 0.387. The van der Waals surface area contributed by atoms with Gasteiger partial charge in [0.05, 0.1) is 6.54 Å². The average molecular weight is 324 g/mol. The number of amides is 2. The summed E-state index contributed by atoms with van der Waals surface area (Å²) in [4.78, 5) is 30.9. The fourth-order valence-electron chi connectivity index (χ4n) is 3.58. The molecule has 2 rings (SSSR count). The van der Waals surface area contributed by atoms with Gasteiger partial charge in [0, 0.05) is 51.2 Å². The van der Waals surface area contributed by atoms with Crippen molar-refractivity contribution >= 4 is 11.8 Å². The van der Waals surface area contributed by atoms with Crippen molar-refractivity contribution in [2.75, 3.05) is 52.9 Å². The Morgan fingerprint density at radius 1 is 1.13 bits per heavy atom. The van der Waals surface area contributed by atoms with E-state index in [4.69, 9.17) is 0 Å². The third-order valence-electron chi connectivity index (χ3n) is 5.10. The number of nitrogens with zero attached hydrogens (tertiary/aromatic N) is 3. The van der Waals surface area contributed by atoms with Crippen LogP contribution in [-0.4, -0.2) is 85.4 Å². The molecule has 0 aliphatic carbocycles. The first kappa shape index (κ1) is 18.2. The monoisotopic (exact) mass is 324 g/mol. The lowest BCUT2D eigenvalue weighted by atomic mass is 10.0. The van der Waals surface area contributed by atoms with Gasteiger partial charge in [-0.25, -0.2) is 0 Å². The average Bonchev–Trinajstić information content (AvgIpc) is 2.55. The second kappa shape index (κ2) is 8.64. The molecule has 6 heteroatoms. The second-order valence-corrected chi connectivity index (χ2v) is 6.99. The van der Waals surface area contributed by atoms with Crippen molar-refractivity contribution in [2.45, 2.75) is 39.2 Å². The summed E-state index contributed by atoms with van der Waals surface area (Å²) in [5.41, 5.74) is 0. The molecule has 2 fully saturated rings. The number of carbonyl (C=O) groups is 2. The van der Waals surface area contributed by atoms with Crippen LogP contribution in [0.25, 0.3) is 0 Å². The number of carbonyl (C=O) groups excluding carboxylic acids is 2. The molecule has 23 heavy (non-hydrogen) atoms. The van der Waals surface area contributed by atoms with Crippen molar-refractivity contribution in [3.63, 3.8) is 0 Å². The van der Waals surface area contributed by atoms with E-state index >= 15 is 0 Å². The fourth-order valence-corrected chi connectivity index (χ4v) is 3.58. The predicted molar refractivity (Wildman–Crippen MR) is 91.1 cm³/mol. The highest BCUT2D eigenvalue weighted by molar-refractivity contribution is 5.79. The quantitative estimate of drug-likeness (QED) is 0.795. The molecule has 2 aliphatic heterocycles. The summed E-state index contributed by atoms with van der Waals surface area (Å²) in [6, 6.07) is 0.376. The zero-order valence-corrected chi connectivity index (χ0v) is 14.9. The van der Waals surface area contributed by atoms with E-state index in [1.54, 1.807) is 0 Å². The lowest BCUT2D eigenvalue weighted by molar-refractivity contribution is -0.138. The summed E-state index contributed by atoms with van der Waals surface area (Å²) < 4.78 is 0. The number of piperidine rings is 1. The van der Waals surface area contributed by atoms with Crippen molar-refractivity contribution < 1.29 is 9.59 Å². The fraction of sp³-hybridized carbons (Fsp3) is 0.882. The molecular weight excluding hydrogens is 292 g/mol. The molecule has 132 valence electrons. The van der Waals surface area contributed by atoms with Crippen molar-refractivity contribution in [1.82, 2.24) is 20.0 Å². The number of likely N-dealkylation sites (tertiary alicyclic amines) is 1. The Morgan fingerprint density at radius 2 is 1.83 bits per heavy atom. The van der Waals surface area contributed by atoms with Crippen LogP contribution in [0.2, 0.25) is 0 Å². The maximum atomic E-state index is 12.5. The van der Waals surface area contributed by atoms with Crippen LogP contribution in [0.15, 0.2) is 0 Å². The molecule has 2 saturated heterocycles. The largest absolute Gasteiger partial charge is 0.340 e. The number of nitrogens with one attached hydrogen (secondary N) is 1. The molecule has 0 saturated carbocycles. The van der Waals surface area contributed by atoms with Gasteiger partial charge < -0.3 is 15.1 Å². The first-order chi connectivity index (χ1) is 11.0. The van der Waals surface area contributed by atoms with Gasteiger partial charge in [-0.05, 0) is 33.2 Å². The van der Waals surface area contributed by atoms with E-state index in [1.807, 2.05) is 23.8 Å². The molecule has 2 unspecified atom stereocenters. The molecule has 2 amide bonds. The zero-order chi connectivity index (χ0) is 16.8. The molecule has 0 aromatic heterocycles. The molecule has 2 atom stereocenters. The summed E-state index contributed by atoms with van der Waals surface area (Å²) in [6.07, 6.45) is 3.48. The number of hydrogen-bond acceptors (Lipinski definition) is 4. The minimum Gasteiger partial charge on any atom is -0.340 e. The van der Waals surface area contributed by atoms with Gasteiger partial charge in [0.25, 0.3) is 0 Å². The second-order valence-electron chi connectivity index (χ2n) is 6.99. The maximum absolute atomic E-state index is 12.5. The highest BCUT2D eigenvalue weighted by atomic mass is 16.2. The Bertz CT molecular complexity index is 407. The van der Waals surface area contributed by atoms with E-state index in [-0.39, 0.29) is 17.7 Å². The van der Waals surface area contributed by atoms with Gasteiger partial charge in [0.1, 0.15) is 0 Å². The van der Waals surface area contributed by atoms with Crippen LogP contribution in [-0.2, 0) is 9.59 Å². The molecule has 0 aromatic carbocycles. The molecule has 0 bridgehead atoms. The minimum atomic E-state index is 0.0161. The van der Waals surface area contributed by atoms with Gasteiger partial charge in [-0.3, -0.25) is 14.5 Å². The normalized spacial score (nSPS) is 24.6. The van der Waals surface area contributed by atoms with Gasteiger partial charge >= 0.3 is 0 Å². The molecule has 0 spiro atoms. The molecular formula is C17H32N4O2. The van der Waals surface area contributed by atoms with Gasteiger partial charge in [-0.1, -0.05) is 6.92 Å². The van der Waals surface area contributed by atoms with Crippen LogP contribution in [0.1, 0.15) is 33.1 Å². The van der Waals surface area contributed by atoms with Crippen molar-refractivity contribution in [2.24, 2.45) is 5.92 Å². The van der Waals surface area contributed by atoms with Gasteiger partial charge in [0.2, 0.25) is 11.8 Å². The Kier molecular flexibility index (Phi) is 6.84. The van der Waals surface area contributed by atoms with E-state index in [1.165, 1.54) is 6.42 Å². The van der Waals surface area contributed by atoms with E-state index in [2.05, 4.69) is 17.1 Å². The Hall–Kier alpha value is -1.14. The van der Waals surface area contributed by atoms with E-state index < -0.39 is 0 Å². The van der Waals surface area contributed by atoms with E-state index in [9.17, 15) is 9.59 Å². The SMILES string of the molecule is CNCC(C)C(=O)N1CCN(CC(=O)N2CCCCC2C)CC1. The number of piperazine rings is 1. The molecule has 0 radical (unpaired) electrons. The molecule has 0 aromatic rings. The third kappa shape index (κ3) is 4.91. The van der Waals surface area contributed by atoms with Crippen molar-refractivity contribution in [3.8, 4) is 0 Å². The summed E-state index contributed by atoms with van der Waals surface area (Å²) >= 11 is 0. The minimum absolute atomic E-state index is 0.0161. The Balaban J connectivity index is 1.76. The summed E-state index contributed by atoms with van der Waals surface area (Å²) in [5.74, 6) is 0.484. The van der Waals surface area contributed by atoms with Crippen LogP contribution < -0.4 is 5.32 Å². The van der Waals surface area contributed by atoms with Gasteiger partial charge in [-0.2, -0.15) is 0 Å². The zero-order valence-electron chi connectivity index (χ0n) is 14.9. The van der Waals surface area contributed by atoms with Crippen LogP contribution in [0.4, 0.5) is 0 Å². The van der Waals surface area contributed by atoms with Crippen molar-refractivity contribution in [1.29, 1.82) is 0 Å². The molecule has 2 heterocycles. The Morgan fingerprint density at radius 3 is 2.43 bits per heavy atom.